The quantitative estimate of drug-likeness (QED) is 0.686. The topological polar surface area (TPSA) is 53.5 Å². The van der Waals surface area contributed by atoms with Crippen molar-refractivity contribution in [3.8, 4) is 0 Å². The van der Waals surface area contributed by atoms with Crippen molar-refractivity contribution in [3.05, 3.63) is 64.0 Å². The van der Waals surface area contributed by atoms with E-state index in [0.29, 0.717) is 9.90 Å². The number of amidine groups is 1. The molecule has 128 valence electrons. The van der Waals surface area contributed by atoms with Gasteiger partial charge in [-0.15, -0.1) is 23.7 Å². The zero-order valence-corrected chi connectivity index (χ0v) is 15.5. The number of nitrogens with one attached hydrogen (secondary N) is 2. The number of halogens is 2. The summed E-state index contributed by atoms with van der Waals surface area (Å²) in [7, 11) is 0. The smallest absolute Gasteiger partial charge is 0.267 e. The average molecular weight is 392 g/mol. The van der Waals surface area contributed by atoms with Crippen LogP contribution in [0.3, 0.4) is 0 Å². The highest BCUT2D eigenvalue weighted by Gasteiger charge is 2.18. The highest BCUT2D eigenvalue weighted by molar-refractivity contribution is 7.21. The molecule has 0 radical (unpaired) electrons. The number of carbonyl (C=O) groups excluding carboxylic acids is 1. The summed E-state index contributed by atoms with van der Waals surface area (Å²) < 4.78 is 0.979. The molecule has 0 saturated carbocycles. The Morgan fingerprint density at radius 1 is 1.20 bits per heavy atom. The van der Waals surface area contributed by atoms with Gasteiger partial charge in [-0.05, 0) is 18.2 Å². The van der Waals surface area contributed by atoms with Gasteiger partial charge in [-0.1, -0.05) is 41.9 Å². The molecule has 0 atom stereocenters. The van der Waals surface area contributed by atoms with Gasteiger partial charge in [0.2, 0.25) is 0 Å². The number of nitrogens with zero attached hydrogens (tertiary/aromatic N) is 1. The molecule has 0 saturated heterocycles. The van der Waals surface area contributed by atoms with Crippen molar-refractivity contribution < 1.29 is 4.79 Å². The van der Waals surface area contributed by atoms with Gasteiger partial charge in [-0.3, -0.25) is 9.79 Å². The van der Waals surface area contributed by atoms with E-state index in [1.807, 2.05) is 48.5 Å². The van der Waals surface area contributed by atoms with Crippen LogP contribution < -0.4 is 10.6 Å². The molecule has 0 fully saturated rings. The number of hydrogen-bond donors (Lipinski definition) is 2. The number of rotatable bonds is 3. The van der Waals surface area contributed by atoms with E-state index in [1.54, 1.807) is 0 Å². The monoisotopic (exact) mass is 391 g/mol. The van der Waals surface area contributed by atoms with Crippen LogP contribution in [0.5, 0.6) is 0 Å². The lowest BCUT2D eigenvalue weighted by Crippen LogP contribution is -2.19. The van der Waals surface area contributed by atoms with Gasteiger partial charge < -0.3 is 10.6 Å². The van der Waals surface area contributed by atoms with Crippen LogP contribution in [0.2, 0.25) is 5.02 Å². The second-order valence-corrected chi connectivity index (χ2v) is 6.86. The molecule has 0 aliphatic carbocycles. The third-order valence-corrected chi connectivity index (χ3v) is 5.47. The molecule has 1 aliphatic heterocycles. The second kappa shape index (κ2) is 7.44. The summed E-state index contributed by atoms with van der Waals surface area (Å²) in [5.74, 6) is 0.710. The second-order valence-electron chi connectivity index (χ2n) is 5.43. The third kappa shape index (κ3) is 3.49. The number of amides is 1. The minimum atomic E-state index is -0.190. The molecule has 4 nitrogen and oxygen atoms in total. The van der Waals surface area contributed by atoms with Crippen LogP contribution in [-0.4, -0.2) is 24.8 Å². The summed E-state index contributed by atoms with van der Waals surface area (Å²) in [6, 6.07) is 15.3. The van der Waals surface area contributed by atoms with Gasteiger partial charge in [-0.25, -0.2) is 0 Å². The van der Waals surface area contributed by atoms with Gasteiger partial charge in [0.1, 0.15) is 10.7 Å². The van der Waals surface area contributed by atoms with Crippen LogP contribution in [0.4, 0.5) is 5.69 Å². The molecule has 0 unspecified atom stereocenters. The van der Waals surface area contributed by atoms with Crippen LogP contribution >= 0.6 is 35.3 Å². The summed E-state index contributed by atoms with van der Waals surface area (Å²) in [6.07, 6.45) is 0. The number of fused-ring (bicyclic) bond motifs is 1. The van der Waals surface area contributed by atoms with Gasteiger partial charge in [0.25, 0.3) is 5.91 Å². The first kappa shape index (κ1) is 17.7. The van der Waals surface area contributed by atoms with Gasteiger partial charge in [-0.2, -0.15) is 0 Å². The number of benzene rings is 2. The first-order valence-corrected chi connectivity index (χ1v) is 8.79. The fourth-order valence-corrected chi connectivity index (χ4v) is 4.11. The van der Waals surface area contributed by atoms with Gasteiger partial charge in [0.15, 0.2) is 0 Å². The first-order valence-electron chi connectivity index (χ1n) is 7.59. The molecule has 0 spiro atoms. The van der Waals surface area contributed by atoms with Gasteiger partial charge >= 0.3 is 0 Å². The number of hydrogen-bond acceptors (Lipinski definition) is 4. The summed E-state index contributed by atoms with van der Waals surface area (Å²) in [6.45, 7) is 1.66. The van der Waals surface area contributed by atoms with E-state index in [0.717, 1.165) is 40.3 Å². The van der Waals surface area contributed by atoms with E-state index in [-0.39, 0.29) is 18.3 Å². The summed E-state index contributed by atoms with van der Waals surface area (Å²) in [5, 5.41) is 7.52. The molecule has 2 heterocycles. The summed E-state index contributed by atoms with van der Waals surface area (Å²) in [5.41, 5.74) is 1.77. The van der Waals surface area contributed by atoms with Crippen molar-refractivity contribution in [1.29, 1.82) is 0 Å². The number of anilines is 1. The minimum absolute atomic E-state index is 0. The third-order valence-electron chi connectivity index (χ3n) is 3.81. The van der Waals surface area contributed by atoms with Crippen LogP contribution in [-0.2, 0) is 0 Å². The van der Waals surface area contributed by atoms with Crippen molar-refractivity contribution >= 4 is 62.9 Å². The van der Waals surface area contributed by atoms with Crippen LogP contribution in [0.15, 0.2) is 53.5 Å². The standard InChI is InChI=1S/C18H14ClN3OS.ClH/c19-15-13-7-6-11(17-20-8-9-21-17)10-14(13)24-16(15)18(23)22-12-4-2-1-3-5-12;/h1-7,10H,8-9H2,(H,20,21)(H,22,23);1H. The molecule has 1 amide bonds. The number of aliphatic imine (C=N–C) groups is 1. The lowest BCUT2D eigenvalue weighted by molar-refractivity contribution is 0.103. The zero-order valence-electron chi connectivity index (χ0n) is 13.1. The lowest BCUT2D eigenvalue weighted by atomic mass is 10.1. The Hall–Kier alpha value is -2.08. The molecule has 25 heavy (non-hydrogen) atoms. The molecule has 1 aliphatic rings. The van der Waals surface area contributed by atoms with E-state index >= 15 is 0 Å². The first-order chi connectivity index (χ1) is 11.7. The zero-order chi connectivity index (χ0) is 16.5. The van der Waals surface area contributed by atoms with E-state index < -0.39 is 0 Å². The maximum absolute atomic E-state index is 12.5. The minimum Gasteiger partial charge on any atom is -0.368 e. The Morgan fingerprint density at radius 2 is 2.00 bits per heavy atom. The van der Waals surface area contributed by atoms with Crippen molar-refractivity contribution in [2.24, 2.45) is 4.99 Å². The Balaban J connectivity index is 0.00000182. The molecule has 0 bridgehead atoms. The van der Waals surface area contributed by atoms with E-state index in [4.69, 9.17) is 11.6 Å². The predicted octanol–water partition coefficient (Wildman–Crippen LogP) is 4.58. The molecule has 2 aromatic carbocycles. The van der Waals surface area contributed by atoms with Crippen molar-refractivity contribution in [2.45, 2.75) is 0 Å². The normalized spacial score (nSPS) is 13.1. The van der Waals surface area contributed by atoms with E-state index in [9.17, 15) is 4.79 Å². The predicted molar refractivity (Wildman–Crippen MR) is 108 cm³/mol. The highest BCUT2D eigenvalue weighted by Crippen LogP contribution is 2.36. The number of carbonyl (C=O) groups is 1. The van der Waals surface area contributed by atoms with Gasteiger partial charge in [0, 0.05) is 27.9 Å². The number of thiophene rings is 1. The van der Waals surface area contributed by atoms with Crippen LogP contribution in [0.1, 0.15) is 15.2 Å². The van der Waals surface area contributed by atoms with E-state index in [2.05, 4.69) is 15.6 Å². The molecule has 4 rings (SSSR count). The summed E-state index contributed by atoms with van der Waals surface area (Å²) >= 11 is 7.83. The van der Waals surface area contributed by atoms with Crippen LogP contribution in [0, 0.1) is 0 Å². The summed E-state index contributed by atoms with van der Waals surface area (Å²) in [4.78, 5) is 17.5. The Kier molecular flexibility index (Phi) is 5.27. The maximum atomic E-state index is 12.5. The van der Waals surface area contributed by atoms with Crippen molar-refractivity contribution in [3.63, 3.8) is 0 Å². The lowest BCUT2D eigenvalue weighted by Gasteiger charge is -2.03. The highest BCUT2D eigenvalue weighted by atomic mass is 35.5. The Morgan fingerprint density at radius 3 is 2.72 bits per heavy atom. The number of para-hydroxylation sites is 1. The Bertz CT molecular complexity index is 954. The van der Waals surface area contributed by atoms with Gasteiger partial charge in [0.05, 0.1) is 11.6 Å². The molecule has 3 aromatic rings. The van der Waals surface area contributed by atoms with Crippen molar-refractivity contribution in [2.75, 3.05) is 18.4 Å². The molecule has 7 heteroatoms. The Labute approximate surface area is 160 Å². The average Bonchev–Trinajstić information content (AvgIpc) is 3.24. The fourth-order valence-electron chi connectivity index (χ4n) is 2.66. The molecule has 1 aromatic heterocycles. The molecular weight excluding hydrogens is 377 g/mol. The van der Waals surface area contributed by atoms with Crippen molar-refractivity contribution in [1.82, 2.24) is 5.32 Å². The fraction of sp³-hybridized carbons (Fsp3) is 0.111. The SMILES string of the molecule is Cl.O=C(Nc1ccccc1)c1sc2cc(C3=NCCN3)ccc2c1Cl. The van der Waals surface area contributed by atoms with Crippen LogP contribution in [0.25, 0.3) is 10.1 Å². The largest absolute Gasteiger partial charge is 0.368 e. The molecular formula is C18H15Cl2N3OS. The maximum Gasteiger partial charge on any atom is 0.267 e. The van der Waals surface area contributed by atoms with E-state index in [1.165, 1.54) is 11.3 Å². The molecule has 2 N–H and O–H groups in total.